The van der Waals surface area contributed by atoms with Gasteiger partial charge in [-0.25, -0.2) is 4.79 Å². The summed E-state index contributed by atoms with van der Waals surface area (Å²) in [5, 5.41) is 18.7. The minimum absolute atomic E-state index is 0.246. The Kier molecular flexibility index (Phi) is 8.45. The van der Waals surface area contributed by atoms with Crippen LogP contribution < -0.4 is 0 Å². The van der Waals surface area contributed by atoms with Crippen LogP contribution in [0.25, 0.3) is 0 Å². The van der Waals surface area contributed by atoms with Gasteiger partial charge in [0.1, 0.15) is 0 Å². The number of rotatable bonds is 11. The predicted molar refractivity (Wildman–Crippen MR) is 90.2 cm³/mol. The maximum atomic E-state index is 11.5. The number of hydrogen-bond acceptors (Lipinski definition) is 3. The van der Waals surface area contributed by atoms with E-state index in [1.165, 1.54) is 0 Å². The summed E-state index contributed by atoms with van der Waals surface area (Å²) >= 11 is 0. The molecule has 0 amide bonds. The molecule has 0 saturated carbocycles. The fourth-order valence-electron chi connectivity index (χ4n) is 2.80. The Balaban J connectivity index is 2.96. The van der Waals surface area contributed by atoms with Crippen molar-refractivity contribution in [2.45, 2.75) is 58.8 Å². The van der Waals surface area contributed by atoms with E-state index in [0.717, 1.165) is 51.6 Å². The molecule has 0 fully saturated rings. The summed E-state index contributed by atoms with van der Waals surface area (Å²) in [5.74, 6) is -2.51. The molecule has 0 heterocycles. The van der Waals surface area contributed by atoms with Gasteiger partial charge in [-0.1, -0.05) is 45.6 Å². The molecule has 0 aromatic carbocycles. The smallest absolute Gasteiger partial charge is 0.337 e. The molecule has 0 aromatic rings. The molecule has 0 spiro atoms. The van der Waals surface area contributed by atoms with E-state index in [0.29, 0.717) is 5.70 Å². The van der Waals surface area contributed by atoms with Crippen molar-refractivity contribution in [3.8, 4) is 0 Å². The van der Waals surface area contributed by atoms with Crippen LogP contribution in [0.3, 0.4) is 0 Å². The number of allylic oxidation sites excluding steroid dienone is 1. The summed E-state index contributed by atoms with van der Waals surface area (Å²) in [6, 6.07) is 0. The zero-order chi connectivity index (χ0) is 17.2. The highest BCUT2D eigenvalue weighted by molar-refractivity contribution is 5.92. The Morgan fingerprint density at radius 3 is 2.09 bits per heavy atom. The van der Waals surface area contributed by atoms with Gasteiger partial charge >= 0.3 is 11.9 Å². The minimum atomic E-state index is -0.976. The van der Waals surface area contributed by atoms with Crippen LogP contribution in [-0.4, -0.2) is 40.1 Å². The summed E-state index contributed by atoms with van der Waals surface area (Å²) in [5.41, 5.74) is 0.832. The molecule has 1 aliphatic rings. The highest BCUT2D eigenvalue weighted by Crippen LogP contribution is 2.27. The SMILES string of the molecule is CCCCCN(CCCCC)C1=CC(C(=O)O)CC=C1C(=O)O. The highest BCUT2D eigenvalue weighted by atomic mass is 16.4. The lowest BCUT2D eigenvalue weighted by Crippen LogP contribution is -2.31. The van der Waals surface area contributed by atoms with Crippen LogP contribution in [0, 0.1) is 5.92 Å². The van der Waals surface area contributed by atoms with Crippen molar-refractivity contribution in [1.82, 2.24) is 4.90 Å². The molecule has 2 N–H and O–H groups in total. The van der Waals surface area contributed by atoms with Crippen LogP contribution in [0.1, 0.15) is 58.8 Å². The summed E-state index contributed by atoms with van der Waals surface area (Å²) in [7, 11) is 0. The quantitative estimate of drug-likeness (QED) is 0.567. The first-order valence-corrected chi connectivity index (χ1v) is 8.64. The zero-order valence-electron chi connectivity index (χ0n) is 14.3. The molecular formula is C18H29NO4. The topological polar surface area (TPSA) is 77.8 Å². The molecule has 0 aliphatic heterocycles. The van der Waals surface area contributed by atoms with Crippen molar-refractivity contribution >= 4 is 11.9 Å². The van der Waals surface area contributed by atoms with Gasteiger partial charge in [-0.3, -0.25) is 4.79 Å². The van der Waals surface area contributed by atoms with E-state index in [4.69, 9.17) is 0 Å². The molecule has 0 bridgehead atoms. The molecule has 5 nitrogen and oxygen atoms in total. The third kappa shape index (κ3) is 6.08. The van der Waals surface area contributed by atoms with Gasteiger partial charge in [0, 0.05) is 18.8 Å². The number of carboxylic acid groups (broad SMARTS) is 2. The molecule has 1 atom stereocenters. The van der Waals surface area contributed by atoms with Crippen LogP contribution in [0.15, 0.2) is 23.4 Å². The lowest BCUT2D eigenvalue weighted by Gasteiger charge is -2.31. The molecule has 5 heteroatoms. The van der Waals surface area contributed by atoms with Crippen molar-refractivity contribution in [2.75, 3.05) is 13.1 Å². The van der Waals surface area contributed by atoms with Crippen LogP contribution >= 0.6 is 0 Å². The van der Waals surface area contributed by atoms with E-state index in [9.17, 15) is 19.8 Å². The van der Waals surface area contributed by atoms with Crippen molar-refractivity contribution < 1.29 is 19.8 Å². The first-order chi connectivity index (χ1) is 11.0. The second kappa shape index (κ2) is 10.1. The number of unbranched alkanes of at least 4 members (excludes halogenated alkanes) is 4. The number of nitrogens with zero attached hydrogens (tertiary/aromatic N) is 1. The van der Waals surface area contributed by atoms with Gasteiger partial charge in [0.2, 0.25) is 0 Å². The van der Waals surface area contributed by atoms with E-state index in [1.54, 1.807) is 12.2 Å². The summed E-state index contributed by atoms with van der Waals surface area (Å²) in [6.07, 6.45) is 9.79. The first kappa shape index (κ1) is 19.3. The van der Waals surface area contributed by atoms with E-state index in [2.05, 4.69) is 18.7 Å². The monoisotopic (exact) mass is 323 g/mol. The fraction of sp³-hybridized carbons (Fsp3) is 0.667. The van der Waals surface area contributed by atoms with Gasteiger partial charge in [0.15, 0.2) is 0 Å². The number of carbonyl (C=O) groups is 2. The molecule has 130 valence electrons. The molecule has 0 radical (unpaired) electrons. The zero-order valence-corrected chi connectivity index (χ0v) is 14.3. The van der Waals surface area contributed by atoms with Crippen LogP contribution in [-0.2, 0) is 9.59 Å². The molecule has 23 heavy (non-hydrogen) atoms. The van der Waals surface area contributed by atoms with Crippen LogP contribution in [0.5, 0.6) is 0 Å². The maximum Gasteiger partial charge on any atom is 0.337 e. The van der Waals surface area contributed by atoms with Gasteiger partial charge in [-0.05, 0) is 25.3 Å². The van der Waals surface area contributed by atoms with Crippen molar-refractivity contribution in [1.29, 1.82) is 0 Å². The lowest BCUT2D eigenvalue weighted by molar-refractivity contribution is -0.140. The number of hydrogen-bond donors (Lipinski definition) is 2. The fourth-order valence-corrected chi connectivity index (χ4v) is 2.80. The molecular weight excluding hydrogens is 294 g/mol. The van der Waals surface area contributed by atoms with Gasteiger partial charge in [-0.15, -0.1) is 0 Å². The Bertz CT molecular complexity index is 458. The third-order valence-electron chi connectivity index (χ3n) is 4.16. The highest BCUT2D eigenvalue weighted by Gasteiger charge is 2.27. The van der Waals surface area contributed by atoms with E-state index in [-0.39, 0.29) is 12.0 Å². The van der Waals surface area contributed by atoms with E-state index >= 15 is 0 Å². The lowest BCUT2D eigenvalue weighted by atomic mass is 9.93. The standard InChI is InChI=1S/C18H29NO4/c1-3-5-7-11-19(12-8-6-4-2)16-13-14(17(20)21)9-10-15(16)18(22)23/h10,13-14H,3-9,11-12H2,1-2H3,(H,20,21)(H,22,23). The molecule has 1 rings (SSSR count). The minimum Gasteiger partial charge on any atom is -0.481 e. The maximum absolute atomic E-state index is 11.5. The van der Waals surface area contributed by atoms with Crippen molar-refractivity contribution in [2.24, 2.45) is 5.92 Å². The summed E-state index contributed by atoms with van der Waals surface area (Å²) in [4.78, 5) is 24.9. The second-order valence-electron chi connectivity index (χ2n) is 6.06. The van der Waals surface area contributed by atoms with Crippen LogP contribution in [0.4, 0.5) is 0 Å². The van der Waals surface area contributed by atoms with Gasteiger partial charge in [0.25, 0.3) is 0 Å². The molecule has 1 aliphatic carbocycles. The van der Waals surface area contributed by atoms with Gasteiger partial charge in [-0.2, -0.15) is 0 Å². The molecule has 0 aromatic heterocycles. The van der Waals surface area contributed by atoms with Gasteiger partial charge in [0.05, 0.1) is 11.5 Å². The Morgan fingerprint density at radius 2 is 1.65 bits per heavy atom. The number of carboxylic acids is 2. The predicted octanol–water partition coefficient (Wildman–Crippen LogP) is 3.67. The number of aliphatic carboxylic acids is 2. The average molecular weight is 323 g/mol. The van der Waals surface area contributed by atoms with Crippen LogP contribution in [0.2, 0.25) is 0 Å². The largest absolute Gasteiger partial charge is 0.481 e. The molecule has 0 saturated heterocycles. The summed E-state index contributed by atoms with van der Waals surface area (Å²) < 4.78 is 0. The van der Waals surface area contributed by atoms with Crippen molar-refractivity contribution in [3.63, 3.8) is 0 Å². The first-order valence-electron chi connectivity index (χ1n) is 8.64. The van der Waals surface area contributed by atoms with Gasteiger partial charge < -0.3 is 15.1 Å². The summed E-state index contributed by atoms with van der Waals surface area (Å²) in [6.45, 7) is 5.81. The Hall–Kier alpha value is -1.78. The third-order valence-corrected chi connectivity index (χ3v) is 4.16. The average Bonchev–Trinajstić information content (AvgIpc) is 2.53. The second-order valence-corrected chi connectivity index (χ2v) is 6.06. The van der Waals surface area contributed by atoms with E-state index < -0.39 is 17.9 Å². The Labute approximate surface area is 138 Å². The Morgan fingerprint density at radius 1 is 1.09 bits per heavy atom. The normalized spacial score (nSPS) is 17.4. The van der Waals surface area contributed by atoms with E-state index in [1.807, 2.05) is 0 Å². The molecule has 1 unspecified atom stereocenters. The van der Waals surface area contributed by atoms with Crippen molar-refractivity contribution in [3.05, 3.63) is 23.4 Å².